The fraction of sp³-hybridized carbons (Fsp3) is 0.867. The van der Waals surface area contributed by atoms with Crippen LogP contribution in [-0.4, -0.2) is 29.7 Å². The molecule has 0 rings (SSSR count). The van der Waals surface area contributed by atoms with Gasteiger partial charge in [0.1, 0.15) is 0 Å². The van der Waals surface area contributed by atoms with Gasteiger partial charge >= 0.3 is 12.0 Å². The summed E-state index contributed by atoms with van der Waals surface area (Å²) in [6.45, 7) is 10.7. The zero-order valence-electron chi connectivity index (χ0n) is 13.5. The van der Waals surface area contributed by atoms with E-state index in [-0.39, 0.29) is 23.9 Å². The first-order chi connectivity index (χ1) is 9.12. The molecular formula is C15H30N2O3. The first kappa shape index (κ1) is 18.7. The minimum atomic E-state index is -0.901. The minimum Gasteiger partial charge on any atom is -0.481 e. The molecule has 20 heavy (non-hydrogen) atoms. The number of urea groups is 1. The monoisotopic (exact) mass is 286 g/mol. The van der Waals surface area contributed by atoms with Gasteiger partial charge in [-0.1, -0.05) is 47.5 Å². The SMILES string of the molecule is CC(C)CCCCNC(=O)NC(CC(=O)O)C(C)(C)C. The lowest BCUT2D eigenvalue weighted by atomic mass is 9.85. The maximum Gasteiger partial charge on any atom is 0.315 e. The molecule has 0 aliphatic rings. The van der Waals surface area contributed by atoms with Crippen molar-refractivity contribution in [1.82, 2.24) is 10.6 Å². The summed E-state index contributed by atoms with van der Waals surface area (Å²) in [7, 11) is 0. The maximum absolute atomic E-state index is 11.8. The quantitative estimate of drug-likeness (QED) is 0.600. The molecule has 0 fully saturated rings. The second kappa shape index (κ2) is 8.82. The Labute approximate surface area is 122 Å². The van der Waals surface area contributed by atoms with Crippen LogP contribution in [-0.2, 0) is 4.79 Å². The molecule has 0 saturated heterocycles. The summed E-state index contributed by atoms with van der Waals surface area (Å²) in [5.41, 5.74) is -0.284. The molecule has 0 radical (unpaired) electrons. The highest BCUT2D eigenvalue weighted by molar-refractivity contribution is 5.75. The number of rotatable bonds is 8. The molecule has 0 aromatic heterocycles. The van der Waals surface area contributed by atoms with Crippen LogP contribution in [0.5, 0.6) is 0 Å². The molecule has 0 aromatic carbocycles. The maximum atomic E-state index is 11.8. The summed E-state index contributed by atoms with van der Waals surface area (Å²) in [6, 6.07) is -0.661. The predicted octanol–water partition coefficient (Wildman–Crippen LogP) is 3.00. The number of hydrogen-bond donors (Lipinski definition) is 3. The Morgan fingerprint density at radius 3 is 2.20 bits per heavy atom. The van der Waals surface area contributed by atoms with E-state index < -0.39 is 5.97 Å². The molecule has 0 bridgehead atoms. The Bertz CT molecular complexity index is 309. The second-order valence-corrected chi connectivity index (χ2v) is 6.81. The van der Waals surface area contributed by atoms with Crippen molar-refractivity contribution in [1.29, 1.82) is 0 Å². The van der Waals surface area contributed by atoms with E-state index in [2.05, 4.69) is 24.5 Å². The number of carboxylic acids is 1. The van der Waals surface area contributed by atoms with Crippen LogP contribution in [0.25, 0.3) is 0 Å². The smallest absolute Gasteiger partial charge is 0.315 e. The van der Waals surface area contributed by atoms with E-state index in [1.807, 2.05) is 20.8 Å². The first-order valence-corrected chi connectivity index (χ1v) is 7.39. The van der Waals surface area contributed by atoms with Gasteiger partial charge in [0, 0.05) is 12.6 Å². The highest BCUT2D eigenvalue weighted by atomic mass is 16.4. The lowest BCUT2D eigenvalue weighted by Gasteiger charge is -2.30. The first-order valence-electron chi connectivity index (χ1n) is 7.39. The molecule has 0 saturated carbocycles. The van der Waals surface area contributed by atoms with Gasteiger partial charge in [-0.2, -0.15) is 0 Å². The summed E-state index contributed by atoms with van der Waals surface area (Å²) in [4.78, 5) is 22.6. The van der Waals surface area contributed by atoms with Gasteiger partial charge in [0.2, 0.25) is 0 Å². The highest BCUT2D eigenvalue weighted by Gasteiger charge is 2.28. The number of carbonyl (C=O) groups excluding carboxylic acids is 1. The van der Waals surface area contributed by atoms with E-state index in [4.69, 9.17) is 5.11 Å². The second-order valence-electron chi connectivity index (χ2n) is 6.81. The molecule has 5 nitrogen and oxygen atoms in total. The topological polar surface area (TPSA) is 78.4 Å². The number of carboxylic acid groups (broad SMARTS) is 1. The van der Waals surface area contributed by atoms with Gasteiger partial charge in [-0.15, -0.1) is 0 Å². The van der Waals surface area contributed by atoms with Crippen molar-refractivity contribution in [2.45, 2.75) is 66.3 Å². The molecule has 0 spiro atoms. The highest BCUT2D eigenvalue weighted by Crippen LogP contribution is 2.21. The summed E-state index contributed by atoms with van der Waals surface area (Å²) in [6.07, 6.45) is 3.14. The van der Waals surface area contributed by atoms with E-state index in [0.717, 1.165) is 19.3 Å². The third kappa shape index (κ3) is 9.64. The molecule has 1 atom stereocenters. The Hall–Kier alpha value is -1.26. The van der Waals surface area contributed by atoms with E-state index in [0.29, 0.717) is 12.5 Å². The summed E-state index contributed by atoms with van der Waals surface area (Å²) in [5.74, 6) is -0.216. The van der Waals surface area contributed by atoms with Crippen LogP contribution in [0.1, 0.15) is 60.3 Å². The fourth-order valence-electron chi connectivity index (χ4n) is 1.84. The lowest BCUT2D eigenvalue weighted by molar-refractivity contribution is -0.138. The molecule has 2 amide bonds. The standard InChI is InChI=1S/C15H30N2O3/c1-11(2)8-6-7-9-16-14(20)17-12(10-13(18)19)15(3,4)5/h11-12H,6-10H2,1-5H3,(H,18,19)(H2,16,17,20). The summed E-state index contributed by atoms with van der Waals surface area (Å²) in [5, 5.41) is 14.4. The molecule has 0 heterocycles. The summed E-state index contributed by atoms with van der Waals surface area (Å²) < 4.78 is 0. The van der Waals surface area contributed by atoms with Crippen LogP contribution in [0.15, 0.2) is 0 Å². The normalized spacial score (nSPS) is 13.1. The number of amides is 2. The molecule has 5 heteroatoms. The van der Waals surface area contributed by atoms with Crippen molar-refractivity contribution in [2.75, 3.05) is 6.54 Å². The van der Waals surface area contributed by atoms with Crippen molar-refractivity contribution in [3.8, 4) is 0 Å². The van der Waals surface area contributed by atoms with Crippen molar-refractivity contribution < 1.29 is 14.7 Å². The van der Waals surface area contributed by atoms with Crippen molar-refractivity contribution in [2.24, 2.45) is 11.3 Å². The van der Waals surface area contributed by atoms with Gasteiger partial charge in [0.25, 0.3) is 0 Å². The summed E-state index contributed by atoms with van der Waals surface area (Å²) >= 11 is 0. The van der Waals surface area contributed by atoms with E-state index in [1.165, 1.54) is 0 Å². The Balaban J connectivity index is 4.05. The molecule has 0 aromatic rings. The van der Waals surface area contributed by atoms with Gasteiger partial charge in [-0.25, -0.2) is 4.79 Å². The van der Waals surface area contributed by atoms with Gasteiger partial charge in [0.05, 0.1) is 6.42 Å². The Morgan fingerprint density at radius 2 is 1.75 bits per heavy atom. The third-order valence-electron chi connectivity index (χ3n) is 3.22. The van der Waals surface area contributed by atoms with Crippen LogP contribution in [0.2, 0.25) is 0 Å². The Kier molecular flexibility index (Phi) is 8.26. The van der Waals surface area contributed by atoms with Gasteiger partial charge in [-0.05, 0) is 17.8 Å². The molecule has 3 N–H and O–H groups in total. The third-order valence-corrected chi connectivity index (χ3v) is 3.22. The van der Waals surface area contributed by atoms with Crippen molar-refractivity contribution in [3.63, 3.8) is 0 Å². The van der Waals surface area contributed by atoms with E-state index in [9.17, 15) is 9.59 Å². The molecule has 0 aliphatic heterocycles. The number of hydrogen-bond acceptors (Lipinski definition) is 2. The van der Waals surface area contributed by atoms with Gasteiger partial charge in [0.15, 0.2) is 0 Å². The molecular weight excluding hydrogens is 256 g/mol. The zero-order valence-corrected chi connectivity index (χ0v) is 13.5. The van der Waals surface area contributed by atoms with E-state index in [1.54, 1.807) is 0 Å². The number of unbranched alkanes of at least 4 members (excludes halogenated alkanes) is 1. The van der Waals surface area contributed by atoms with E-state index >= 15 is 0 Å². The van der Waals surface area contributed by atoms with Crippen LogP contribution >= 0.6 is 0 Å². The number of aliphatic carboxylic acids is 1. The molecule has 0 aliphatic carbocycles. The van der Waals surface area contributed by atoms with Crippen LogP contribution in [0.3, 0.4) is 0 Å². The number of carbonyl (C=O) groups is 2. The molecule has 118 valence electrons. The van der Waals surface area contributed by atoms with Gasteiger partial charge in [-0.3, -0.25) is 4.79 Å². The lowest BCUT2D eigenvalue weighted by Crippen LogP contribution is -2.49. The average Bonchev–Trinajstić information content (AvgIpc) is 2.25. The van der Waals surface area contributed by atoms with Crippen molar-refractivity contribution >= 4 is 12.0 Å². The Morgan fingerprint density at radius 1 is 1.15 bits per heavy atom. The fourth-order valence-corrected chi connectivity index (χ4v) is 1.84. The zero-order chi connectivity index (χ0) is 15.8. The van der Waals surface area contributed by atoms with Crippen LogP contribution in [0, 0.1) is 11.3 Å². The van der Waals surface area contributed by atoms with Crippen molar-refractivity contribution in [3.05, 3.63) is 0 Å². The molecule has 1 unspecified atom stereocenters. The number of nitrogens with one attached hydrogen (secondary N) is 2. The largest absolute Gasteiger partial charge is 0.481 e. The minimum absolute atomic E-state index is 0.0652. The van der Waals surface area contributed by atoms with Crippen LogP contribution < -0.4 is 10.6 Å². The predicted molar refractivity (Wildman–Crippen MR) is 80.7 cm³/mol. The average molecular weight is 286 g/mol. The van der Waals surface area contributed by atoms with Gasteiger partial charge < -0.3 is 15.7 Å². The van der Waals surface area contributed by atoms with Crippen LogP contribution in [0.4, 0.5) is 4.79 Å².